The quantitative estimate of drug-likeness (QED) is 0.0217. The van der Waals surface area contributed by atoms with Crippen molar-refractivity contribution < 1.29 is 23.9 Å². The molecule has 1 aromatic carbocycles. The van der Waals surface area contributed by atoms with Crippen LogP contribution in [-0.2, 0) is 20.7 Å². The Bertz CT molecular complexity index is 2460. The van der Waals surface area contributed by atoms with Gasteiger partial charge in [0.2, 0.25) is 5.78 Å². The lowest BCUT2D eigenvalue weighted by Crippen LogP contribution is -2.52. The van der Waals surface area contributed by atoms with Gasteiger partial charge in [0, 0.05) is 54.7 Å². The molecular weight excluding hydrogens is 879 g/mol. The van der Waals surface area contributed by atoms with E-state index in [4.69, 9.17) is 20.9 Å². The van der Waals surface area contributed by atoms with Gasteiger partial charge in [-0.3, -0.25) is 14.6 Å². The van der Waals surface area contributed by atoms with E-state index in [0.717, 1.165) is 105 Å². The Hall–Kier alpha value is -5.28. The highest BCUT2D eigenvalue weighted by Crippen LogP contribution is 2.60. The molecule has 1 saturated heterocycles. The fraction of sp³-hybridized carbons (Fsp3) is 0.571. The van der Waals surface area contributed by atoms with Crippen molar-refractivity contribution in [2.75, 3.05) is 40.5 Å². The summed E-state index contributed by atoms with van der Waals surface area (Å²) in [6.45, 7) is 8.58. The highest BCUT2D eigenvalue weighted by atomic mass is 16.7. The number of Topliss-reactive ketones (excluding diaryl/α,β-unsaturated/α-hetero) is 2. The average Bonchev–Trinajstić information content (AvgIpc) is 3.83. The summed E-state index contributed by atoms with van der Waals surface area (Å²) in [4.78, 5) is 50.8. The second kappa shape index (κ2) is 20.4. The molecule has 8 aliphatic rings. The summed E-state index contributed by atoms with van der Waals surface area (Å²) in [7, 11) is 3.57. The largest absolute Gasteiger partial charge is 0.463 e. The Morgan fingerprint density at radius 1 is 1.07 bits per heavy atom. The van der Waals surface area contributed by atoms with Crippen LogP contribution in [0.15, 0.2) is 106 Å². The Labute approximate surface area is 414 Å². The maximum Gasteiger partial charge on any atom is 0.350 e. The molecule has 4 aliphatic heterocycles. The molecule has 70 heavy (non-hydrogen) atoms. The van der Waals surface area contributed by atoms with Crippen molar-refractivity contribution in [3.05, 3.63) is 118 Å². The average molecular weight is 956 g/mol. The zero-order chi connectivity index (χ0) is 49.3. The van der Waals surface area contributed by atoms with Crippen LogP contribution < -0.4 is 43.4 Å². The normalized spacial score (nSPS) is 33.2. The van der Waals surface area contributed by atoms with Gasteiger partial charge in [-0.05, 0) is 124 Å². The number of nitrogens with two attached hydrogens (primary N) is 2. The molecule has 14 heteroatoms. The molecule has 10 N–H and O–H groups in total. The third kappa shape index (κ3) is 9.25. The number of esters is 1. The van der Waals surface area contributed by atoms with Gasteiger partial charge in [0.15, 0.2) is 17.3 Å². The number of ether oxygens (including phenoxy) is 2. The number of benzene rings is 1. The number of ketones is 2. The van der Waals surface area contributed by atoms with Crippen LogP contribution in [0.25, 0.3) is 0 Å². The van der Waals surface area contributed by atoms with Crippen LogP contribution in [-0.4, -0.2) is 93.4 Å². The molecule has 0 radical (unpaired) electrons. The number of hydrogen-bond acceptors (Lipinski definition) is 12. The number of carbonyl (C=O) groups is 3. The third-order valence-corrected chi connectivity index (χ3v) is 17.1. The standard InChI is InChI=1S/C56H77N9O5/c1-6-61-44-28-38-15-11-14-37-13-7-8-22-53(3,30-36-18-19-45(57)63-32-36)31-40-16-12-17-42-47(40)50(67)56(51(68)69-33-41(44)27-43(37)38)55(70-56,49(42)66)25-20-35(2)54(23-9-10-24-54)48(65-52(58)60-5)39-21-26-62-46(29-39)64-34-59-4/h11-12,15-21,28-29,32,37,41,43-45,48,59,61-64H,6-10,13-14,22-27,30-31,33-34,57H2,1-5H3,(H3,58,60,65). The molecule has 0 amide bonds. The van der Waals surface area contributed by atoms with E-state index in [1.165, 1.54) is 5.57 Å². The maximum absolute atomic E-state index is 15.7. The zero-order valence-corrected chi connectivity index (χ0v) is 42.1. The van der Waals surface area contributed by atoms with Crippen LogP contribution >= 0.6 is 0 Å². The summed E-state index contributed by atoms with van der Waals surface area (Å²) >= 11 is 0. The van der Waals surface area contributed by atoms with E-state index in [1.54, 1.807) is 13.1 Å². The smallest absolute Gasteiger partial charge is 0.350 e. The maximum atomic E-state index is 15.7. The van der Waals surface area contributed by atoms with Gasteiger partial charge in [-0.1, -0.05) is 99.8 Å². The lowest BCUT2D eigenvalue weighted by molar-refractivity contribution is -0.150. The van der Waals surface area contributed by atoms with Gasteiger partial charge in [0.1, 0.15) is 5.82 Å². The molecule has 1 spiro atoms. The van der Waals surface area contributed by atoms with Crippen LogP contribution in [0.4, 0.5) is 0 Å². The summed E-state index contributed by atoms with van der Waals surface area (Å²) < 4.78 is 13.1. The monoisotopic (exact) mass is 956 g/mol. The van der Waals surface area contributed by atoms with E-state index < -0.39 is 28.4 Å². The number of fused-ring (bicyclic) bond motifs is 1. The molecule has 4 aliphatic carbocycles. The highest BCUT2D eigenvalue weighted by Gasteiger charge is 2.85. The van der Waals surface area contributed by atoms with E-state index in [9.17, 15) is 0 Å². The number of hydrogen-bond donors (Lipinski definition) is 8. The number of allylic oxidation sites excluding steroid dienone is 5. The highest BCUT2D eigenvalue weighted by molar-refractivity contribution is 6.33. The minimum atomic E-state index is -2.13. The van der Waals surface area contributed by atoms with Gasteiger partial charge >= 0.3 is 5.97 Å². The van der Waals surface area contributed by atoms with E-state index >= 15 is 14.4 Å². The number of dihydropyridines is 2. The molecule has 2 fully saturated rings. The zero-order valence-electron chi connectivity index (χ0n) is 42.1. The minimum absolute atomic E-state index is 0.0116. The number of epoxide rings is 1. The van der Waals surface area contributed by atoms with Gasteiger partial charge < -0.3 is 52.8 Å². The van der Waals surface area contributed by atoms with Crippen molar-refractivity contribution in [3.8, 4) is 0 Å². The molecular formula is C56H77N9O5. The third-order valence-electron chi connectivity index (χ3n) is 17.1. The molecule has 376 valence electrons. The molecule has 4 bridgehead atoms. The van der Waals surface area contributed by atoms with Gasteiger partial charge in [0.05, 0.1) is 25.5 Å². The number of guanidine groups is 1. The first kappa shape index (κ1) is 49.7. The fourth-order valence-electron chi connectivity index (χ4n) is 13.4. The molecule has 4 heterocycles. The van der Waals surface area contributed by atoms with Crippen molar-refractivity contribution in [2.24, 2.45) is 45.0 Å². The Morgan fingerprint density at radius 3 is 2.64 bits per heavy atom. The predicted octanol–water partition coefficient (Wildman–Crippen LogP) is 6.01. The summed E-state index contributed by atoms with van der Waals surface area (Å²) in [6, 6.07) is 5.33. The lowest BCUT2D eigenvalue weighted by atomic mass is 9.67. The second-order valence-corrected chi connectivity index (χ2v) is 21.6. The SMILES string of the molecule is CCNC1C=C2C=CCC3CCCCC(C)(CC4=CNC(N)C=C4)Cc4cccc5c4C(=O)C4(OC4(CC=C(C)C4(C(NC(N)=NC)C6=CCNC(NCNC)=C6)CCCC4)C5=O)C(=O)OCC1CC23. The van der Waals surface area contributed by atoms with Crippen molar-refractivity contribution in [3.63, 3.8) is 0 Å². The van der Waals surface area contributed by atoms with Crippen molar-refractivity contribution in [1.82, 2.24) is 31.9 Å². The number of carbonyl (C=O) groups excluding carboxylic acids is 3. The van der Waals surface area contributed by atoms with Crippen molar-refractivity contribution in [2.45, 2.75) is 134 Å². The Morgan fingerprint density at radius 2 is 1.89 bits per heavy atom. The number of rotatable bonds is 13. The molecule has 14 nitrogen and oxygen atoms in total. The predicted molar refractivity (Wildman–Crippen MR) is 275 cm³/mol. The molecule has 1 saturated carbocycles. The van der Waals surface area contributed by atoms with Crippen molar-refractivity contribution >= 4 is 23.5 Å². The Balaban J connectivity index is 1.11. The van der Waals surface area contributed by atoms with E-state index in [-0.39, 0.29) is 54.0 Å². The van der Waals surface area contributed by atoms with Crippen LogP contribution in [0.5, 0.6) is 0 Å². The molecule has 9 atom stereocenters. The van der Waals surface area contributed by atoms with E-state index in [2.05, 4.69) is 100 Å². The number of likely N-dealkylation sites (N-methyl/N-ethyl adjacent to an activating group) is 1. The van der Waals surface area contributed by atoms with Crippen molar-refractivity contribution in [1.29, 1.82) is 0 Å². The van der Waals surface area contributed by atoms with Gasteiger partial charge in [-0.2, -0.15) is 0 Å². The summed E-state index contributed by atoms with van der Waals surface area (Å²) in [6.07, 6.45) is 30.2. The number of aliphatic imine (C=N–C) groups is 1. The number of cyclic esters (lactones) is 1. The first-order valence-corrected chi connectivity index (χ1v) is 26.1. The summed E-state index contributed by atoms with van der Waals surface area (Å²) in [5, 5.41) is 20.5. The fourth-order valence-corrected chi connectivity index (χ4v) is 13.4. The Kier molecular flexibility index (Phi) is 14.5. The summed E-state index contributed by atoms with van der Waals surface area (Å²) in [5.74, 6) is 0.428. The molecule has 9 rings (SSSR count). The van der Waals surface area contributed by atoms with E-state index in [1.807, 2.05) is 31.5 Å². The molecule has 0 aromatic heterocycles. The topological polar surface area (TPSA) is 210 Å². The lowest BCUT2D eigenvalue weighted by Gasteiger charge is -2.41. The summed E-state index contributed by atoms with van der Waals surface area (Å²) in [5.41, 5.74) is 14.0. The minimum Gasteiger partial charge on any atom is -0.463 e. The second-order valence-electron chi connectivity index (χ2n) is 21.6. The number of nitrogens with zero attached hydrogens (tertiary/aromatic N) is 1. The van der Waals surface area contributed by atoms with Crippen LogP contribution in [0, 0.1) is 28.6 Å². The van der Waals surface area contributed by atoms with Gasteiger partial charge in [-0.25, -0.2) is 4.79 Å². The first-order chi connectivity index (χ1) is 33.8. The van der Waals surface area contributed by atoms with Crippen LogP contribution in [0.3, 0.4) is 0 Å². The van der Waals surface area contributed by atoms with E-state index in [0.29, 0.717) is 43.0 Å². The van der Waals surface area contributed by atoms with Gasteiger partial charge in [0.25, 0.3) is 5.60 Å². The molecule has 1 aromatic rings. The number of nitrogens with one attached hydrogen (secondary N) is 6. The van der Waals surface area contributed by atoms with Crippen LogP contribution in [0.1, 0.15) is 124 Å². The first-order valence-electron chi connectivity index (χ1n) is 26.1. The van der Waals surface area contributed by atoms with Crippen LogP contribution in [0.2, 0.25) is 0 Å². The van der Waals surface area contributed by atoms with Gasteiger partial charge in [-0.15, -0.1) is 0 Å². The molecule has 9 unspecified atom stereocenters.